The van der Waals surface area contributed by atoms with Crippen LogP contribution >= 0.6 is 0 Å². The summed E-state index contributed by atoms with van der Waals surface area (Å²) in [6, 6.07) is 23.3. The Morgan fingerprint density at radius 3 is 2.73 bits per heavy atom. The molecule has 0 radical (unpaired) electrons. The van der Waals surface area contributed by atoms with Crippen molar-refractivity contribution in [3.8, 4) is 11.1 Å². The number of nitrogens with zero attached hydrogens (tertiary/aromatic N) is 1. The van der Waals surface area contributed by atoms with E-state index in [1.165, 1.54) is 5.57 Å². The number of fused-ring (bicyclic) bond motifs is 5. The second kappa shape index (κ2) is 6.88. The molecule has 0 bridgehead atoms. The molecule has 7 rings (SSSR count). The number of furan rings is 2. The Labute approximate surface area is 191 Å². The molecular formula is C30H21NO2. The second-order valence-corrected chi connectivity index (χ2v) is 8.72. The molecule has 1 atom stereocenters. The topological polar surface area (TPSA) is 29.5 Å². The fourth-order valence-electron chi connectivity index (χ4n) is 5.00. The lowest BCUT2D eigenvalue weighted by atomic mass is 9.93. The first-order valence-electron chi connectivity index (χ1n) is 11.2. The molecule has 158 valence electrons. The highest BCUT2D eigenvalue weighted by molar-refractivity contribution is 6.09. The van der Waals surface area contributed by atoms with Crippen LogP contribution in [-0.4, -0.2) is 18.0 Å². The summed E-state index contributed by atoms with van der Waals surface area (Å²) in [5.41, 5.74) is 7.31. The number of likely N-dealkylation sites (N-methyl/N-ethyl adjacent to an activating group) is 1. The molecule has 3 heterocycles. The fourth-order valence-corrected chi connectivity index (χ4v) is 5.00. The molecule has 0 amide bonds. The second-order valence-electron chi connectivity index (χ2n) is 8.72. The van der Waals surface area contributed by atoms with Gasteiger partial charge in [-0.1, -0.05) is 60.7 Å². The SMILES string of the molecule is CN1C=CC=C2C=C(c3cc4cc(-c5cccc6c5oc5ccccc56)ccc4o3)C=CC21. The van der Waals surface area contributed by atoms with Crippen LogP contribution in [0.15, 0.2) is 118 Å². The number of hydrogen-bond donors (Lipinski definition) is 0. The van der Waals surface area contributed by atoms with Gasteiger partial charge in [0.25, 0.3) is 0 Å². The average Bonchev–Trinajstić information content (AvgIpc) is 3.45. The zero-order valence-corrected chi connectivity index (χ0v) is 18.2. The molecule has 2 aliphatic rings. The first-order valence-corrected chi connectivity index (χ1v) is 11.2. The van der Waals surface area contributed by atoms with Gasteiger partial charge in [-0.2, -0.15) is 0 Å². The highest BCUT2D eigenvalue weighted by atomic mass is 16.3. The van der Waals surface area contributed by atoms with Gasteiger partial charge in [0.15, 0.2) is 0 Å². The molecule has 0 saturated heterocycles. The number of benzene rings is 3. The van der Waals surface area contributed by atoms with Crippen molar-refractivity contribution in [2.24, 2.45) is 0 Å². The van der Waals surface area contributed by atoms with Crippen LogP contribution in [0.3, 0.4) is 0 Å². The van der Waals surface area contributed by atoms with E-state index in [2.05, 4.69) is 103 Å². The summed E-state index contributed by atoms with van der Waals surface area (Å²) in [4.78, 5) is 2.21. The fraction of sp³-hybridized carbons (Fsp3) is 0.0667. The first-order chi connectivity index (χ1) is 16.2. The largest absolute Gasteiger partial charge is 0.456 e. The molecule has 0 N–H and O–H groups in total. The lowest BCUT2D eigenvalue weighted by molar-refractivity contribution is 0.422. The first kappa shape index (κ1) is 18.3. The maximum Gasteiger partial charge on any atom is 0.143 e. The van der Waals surface area contributed by atoms with Crippen molar-refractivity contribution in [3.63, 3.8) is 0 Å². The van der Waals surface area contributed by atoms with E-state index in [0.29, 0.717) is 6.04 Å². The van der Waals surface area contributed by atoms with Gasteiger partial charge in [0.05, 0.1) is 6.04 Å². The highest BCUT2D eigenvalue weighted by Crippen LogP contribution is 2.38. The van der Waals surface area contributed by atoms with Crippen LogP contribution in [0.25, 0.3) is 49.6 Å². The van der Waals surface area contributed by atoms with E-state index >= 15 is 0 Å². The molecule has 1 aliphatic carbocycles. The summed E-state index contributed by atoms with van der Waals surface area (Å²) in [7, 11) is 2.10. The lowest BCUT2D eigenvalue weighted by Crippen LogP contribution is -2.29. The Morgan fingerprint density at radius 2 is 1.76 bits per heavy atom. The van der Waals surface area contributed by atoms with Crippen LogP contribution in [-0.2, 0) is 0 Å². The molecule has 0 fully saturated rings. The molecule has 3 heteroatoms. The Morgan fingerprint density at radius 1 is 0.848 bits per heavy atom. The molecule has 1 aliphatic heterocycles. The van der Waals surface area contributed by atoms with Gasteiger partial charge in [-0.15, -0.1) is 0 Å². The van der Waals surface area contributed by atoms with Crippen LogP contribution in [0.4, 0.5) is 0 Å². The summed E-state index contributed by atoms with van der Waals surface area (Å²) in [6.07, 6.45) is 13.0. The van der Waals surface area contributed by atoms with E-state index in [9.17, 15) is 0 Å². The molecule has 33 heavy (non-hydrogen) atoms. The van der Waals surface area contributed by atoms with Crippen molar-refractivity contribution >= 4 is 38.5 Å². The normalized spacial score (nSPS) is 17.6. The number of para-hydroxylation sites is 2. The summed E-state index contributed by atoms with van der Waals surface area (Å²) < 4.78 is 12.5. The summed E-state index contributed by atoms with van der Waals surface area (Å²) >= 11 is 0. The predicted molar refractivity (Wildman–Crippen MR) is 135 cm³/mol. The molecule has 0 saturated carbocycles. The quantitative estimate of drug-likeness (QED) is 0.289. The van der Waals surface area contributed by atoms with Crippen molar-refractivity contribution in [2.75, 3.05) is 7.05 Å². The van der Waals surface area contributed by atoms with Gasteiger partial charge in [-0.05, 0) is 53.8 Å². The number of hydrogen-bond acceptors (Lipinski definition) is 3. The average molecular weight is 428 g/mol. The van der Waals surface area contributed by atoms with Crippen LogP contribution in [0, 0.1) is 0 Å². The van der Waals surface area contributed by atoms with Crippen LogP contribution in [0.1, 0.15) is 5.76 Å². The molecular weight excluding hydrogens is 406 g/mol. The third-order valence-corrected chi connectivity index (χ3v) is 6.69. The van der Waals surface area contributed by atoms with Crippen LogP contribution < -0.4 is 0 Å². The standard InChI is InChI=1S/C30H21NO2/c1-31-15-5-6-20-17-21(11-13-26(20)31)29-18-22-16-19(12-14-27(22)32-29)23-8-4-9-25-24-7-2-3-10-28(24)33-30(23)25/h2-18,26H,1H3. The molecule has 0 spiro atoms. The van der Waals surface area contributed by atoms with Crippen molar-refractivity contribution in [1.82, 2.24) is 4.90 Å². The zero-order valence-electron chi connectivity index (χ0n) is 18.2. The summed E-state index contributed by atoms with van der Waals surface area (Å²) in [6.45, 7) is 0. The van der Waals surface area contributed by atoms with Gasteiger partial charge in [-0.3, -0.25) is 0 Å². The van der Waals surface area contributed by atoms with Crippen molar-refractivity contribution in [3.05, 3.63) is 115 Å². The molecule has 2 aromatic heterocycles. The van der Waals surface area contributed by atoms with E-state index < -0.39 is 0 Å². The maximum absolute atomic E-state index is 6.25. The summed E-state index contributed by atoms with van der Waals surface area (Å²) in [5.74, 6) is 0.886. The smallest absolute Gasteiger partial charge is 0.143 e. The van der Waals surface area contributed by atoms with Crippen LogP contribution in [0.2, 0.25) is 0 Å². The van der Waals surface area contributed by atoms with Crippen molar-refractivity contribution in [1.29, 1.82) is 0 Å². The highest BCUT2D eigenvalue weighted by Gasteiger charge is 2.21. The predicted octanol–water partition coefficient (Wildman–Crippen LogP) is 7.71. The van der Waals surface area contributed by atoms with Gasteiger partial charge in [0, 0.05) is 34.3 Å². The van der Waals surface area contributed by atoms with E-state index in [0.717, 1.165) is 55.4 Å². The van der Waals surface area contributed by atoms with Gasteiger partial charge in [0.2, 0.25) is 0 Å². The van der Waals surface area contributed by atoms with E-state index in [1.54, 1.807) is 0 Å². The molecule has 1 unspecified atom stereocenters. The lowest BCUT2D eigenvalue weighted by Gasteiger charge is -2.30. The van der Waals surface area contributed by atoms with Crippen molar-refractivity contribution in [2.45, 2.75) is 6.04 Å². The number of rotatable bonds is 2. The summed E-state index contributed by atoms with van der Waals surface area (Å²) in [5, 5.41) is 3.37. The monoisotopic (exact) mass is 427 g/mol. The van der Waals surface area contributed by atoms with E-state index in [4.69, 9.17) is 8.83 Å². The van der Waals surface area contributed by atoms with Gasteiger partial charge in [0.1, 0.15) is 22.5 Å². The Bertz CT molecular complexity index is 1690. The Balaban J connectivity index is 1.32. The van der Waals surface area contributed by atoms with Gasteiger partial charge >= 0.3 is 0 Å². The zero-order chi connectivity index (χ0) is 21.9. The third kappa shape index (κ3) is 2.82. The van der Waals surface area contributed by atoms with Gasteiger partial charge in [-0.25, -0.2) is 0 Å². The Hall–Kier alpha value is -4.24. The Kier molecular flexibility index (Phi) is 3.82. The van der Waals surface area contributed by atoms with Crippen LogP contribution in [0.5, 0.6) is 0 Å². The van der Waals surface area contributed by atoms with E-state index in [1.807, 2.05) is 12.1 Å². The van der Waals surface area contributed by atoms with E-state index in [-0.39, 0.29) is 0 Å². The van der Waals surface area contributed by atoms with Gasteiger partial charge < -0.3 is 13.7 Å². The molecule has 5 aromatic rings. The minimum Gasteiger partial charge on any atom is -0.456 e. The minimum atomic E-state index is 0.291. The molecule has 3 aromatic carbocycles. The third-order valence-electron chi connectivity index (χ3n) is 6.69. The number of allylic oxidation sites excluding steroid dienone is 4. The van der Waals surface area contributed by atoms with Crippen molar-refractivity contribution < 1.29 is 8.83 Å². The minimum absolute atomic E-state index is 0.291. The maximum atomic E-state index is 6.25. The molecule has 3 nitrogen and oxygen atoms in total.